The third-order valence-electron chi connectivity index (χ3n) is 4.50. The Labute approximate surface area is 113 Å². The van der Waals surface area contributed by atoms with Gasteiger partial charge in [0, 0.05) is 25.6 Å². The van der Waals surface area contributed by atoms with Crippen LogP contribution in [0.4, 0.5) is 4.79 Å². The lowest BCUT2D eigenvalue weighted by Gasteiger charge is -2.43. The van der Waals surface area contributed by atoms with E-state index in [-0.39, 0.29) is 17.7 Å². The quantitative estimate of drug-likeness (QED) is 0.804. The second-order valence-corrected chi connectivity index (χ2v) is 5.52. The van der Waals surface area contributed by atoms with Gasteiger partial charge in [0.15, 0.2) is 0 Å². The molecular formula is C13H22N2O4. The minimum Gasteiger partial charge on any atom is -0.480 e. The lowest BCUT2D eigenvalue weighted by molar-refractivity contribution is -0.141. The fourth-order valence-corrected chi connectivity index (χ4v) is 2.90. The smallest absolute Gasteiger partial charge is 0.326 e. The van der Waals surface area contributed by atoms with E-state index >= 15 is 0 Å². The number of ether oxygens (including phenoxy) is 1. The number of aliphatic carboxylic acids is 1. The highest BCUT2D eigenvalue weighted by Gasteiger charge is 2.43. The van der Waals surface area contributed by atoms with Gasteiger partial charge in [0.25, 0.3) is 0 Å². The Morgan fingerprint density at radius 2 is 2.16 bits per heavy atom. The highest BCUT2D eigenvalue weighted by atomic mass is 16.5. The van der Waals surface area contributed by atoms with E-state index in [0.717, 1.165) is 25.7 Å². The molecule has 6 heteroatoms. The van der Waals surface area contributed by atoms with Crippen LogP contribution in [0.25, 0.3) is 0 Å². The summed E-state index contributed by atoms with van der Waals surface area (Å²) in [5.74, 6) is -0.964. The van der Waals surface area contributed by atoms with Gasteiger partial charge in [-0.05, 0) is 25.7 Å². The summed E-state index contributed by atoms with van der Waals surface area (Å²) >= 11 is 0. The number of urea groups is 1. The highest BCUT2D eigenvalue weighted by molar-refractivity contribution is 5.84. The van der Waals surface area contributed by atoms with Crippen LogP contribution < -0.4 is 5.32 Å². The molecule has 2 unspecified atom stereocenters. The Hall–Kier alpha value is -1.30. The fraction of sp³-hybridized carbons (Fsp3) is 0.846. The van der Waals surface area contributed by atoms with E-state index in [2.05, 4.69) is 12.2 Å². The standard InChI is InChI=1S/C13H22N2O4/c1-3-13(5-4-6-13)14-12(18)15-8-9(19-2)7-10(15)11(16)17/h9-10H,3-8H2,1-2H3,(H,14,18)(H,16,17). The predicted octanol–water partition coefficient (Wildman–Crippen LogP) is 1.20. The van der Waals surface area contributed by atoms with Crippen LogP contribution in [0.2, 0.25) is 0 Å². The Bertz CT molecular complexity index is 362. The molecule has 2 fully saturated rings. The Balaban J connectivity index is 2.02. The molecule has 1 saturated heterocycles. The molecule has 2 amide bonds. The predicted molar refractivity (Wildman–Crippen MR) is 68.9 cm³/mol. The van der Waals surface area contributed by atoms with Gasteiger partial charge in [-0.3, -0.25) is 0 Å². The molecule has 1 saturated carbocycles. The van der Waals surface area contributed by atoms with Gasteiger partial charge in [0.05, 0.1) is 6.10 Å². The Morgan fingerprint density at radius 1 is 1.47 bits per heavy atom. The number of rotatable bonds is 4. The molecule has 108 valence electrons. The van der Waals surface area contributed by atoms with Crippen LogP contribution in [0.1, 0.15) is 39.0 Å². The molecule has 0 spiro atoms. The zero-order valence-electron chi connectivity index (χ0n) is 11.5. The Morgan fingerprint density at radius 3 is 2.58 bits per heavy atom. The fourth-order valence-electron chi connectivity index (χ4n) is 2.90. The first-order valence-corrected chi connectivity index (χ1v) is 6.86. The molecule has 19 heavy (non-hydrogen) atoms. The van der Waals surface area contributed by atoms with E-state index in [4.69, 9.17) is 4.74 Å². The van der Waals surface area contributed by atoms with Crippen LogP contribution >= 0.6 is 0 Å². The zero-order valence-corrected chi connectivity index (χ0v) is 11.5. The van der Waals surface area contributed by atoms with Crippen molar-refractivity contribution in [2.24, 2.45) is 0 Å². The van der Waals surface area contributed by atoms with Crippen molar-refractivity contribution < 1.29 is 19.4 Å². The molecule has 0 aromatic carbocycles. The average molecular weight is 270 g/mol. The summed E-state index contributed by atoms with van der Waals surface area (Å²) in [5, 5.41) is 12.2. The third-order valence-corrected chi connectivity index (χ3v) is 4.50. The van der Waals surface area contributed by atoms with Gasteiger partial charge >= 0.3 is 12.0 Å². The van der Waals surface area contributed by atoms with E-state index < -0.39 is 12.0 Å². The van der Waals surface area contributed by atoms with Crippen LogP contribution in [0.5, 0.6) is 0 Å². The summed E-state index contributed by atoms with van der Waals surface area (Å²) in [5.41, 5.74) is -0.120. The van der Waals surface area contributed by atoms with Crippen molar-refractivity contribution >= 4 is 12.0 Å². The van der Waals surface area contributed by atoms with Crippen molar-refractivity contribution in [3.63, 3.8) is 0 Å². The molecule has 0 bridgehead atoms. The second kappa shape index (κ2) is 5.36. The van der Waals surface area contributed by atoms with Gasteiger partial charge in [0.1, 0.15) is 6.04 Å². The number of likely N-dealkylation sites (tertiary alicyclic amines) is 1. The summed E-state index contributed by atoms with van der Waals surface area (Å²) in [7, 11) is 1.55. The van der Waals surface area contributed by atoms with Gasteiger partial charge in [-0.2, -0.15) is 0 Å². The van der Waals surface area contributed by atoms with Gasteiger partial charge in [0.2, 0.25) is 0 Å². The minimum absolute atomic E-state index is 0.120. The van der Waals surface area contributed by atoms with Crippen LogP contribution in [0.3, 0.4) is 0 Å². The topological polar surface area (TPSA) is 78.9 Å². The lowest BCUT2D eigenvalue weighted by atomic mass is 9.75. The SMILES string of the molecule is CCC1(NC(=O)N2CC(OC)CC2C(=O)O)CCC1. The first kappa shape index (κ1) is 14.1. The number of nitrogens with zero attached hydrogens (tertiary/aromatic N) is 1. The lowest BCUT2D eigenvalue weighted by Crippen LogP contribution is -2.58. The molecule has 0 radical (unpaired) electrons. The Kier molecular flexibility index (Phi) is 3.99. The van der Waals surface area contributed by atoms with Crippen molar-refractivity contribution in [3.8, 4) is 0 Å². The maximum absolute atomic E-state index is 12.3. The minimum atomic E-state index is -0.964. The van der Waals surface area contributed by atoms with Gasteiger partial charge in [-0.25, -0.2) is 9.59 Å². The second-order valence-electron chi connectivity index (χ2n) is 5.52. The first-order valence-electron chi connectivity index (χ1n) is 6.86. The number of carbonyl (C=O) groups excluding carboxylic acids is 1. The molecule has 1 aliphatic heterocycles. The van der Waals surface area contributed by atoms with Crippen LogP contribution in [-0.4, -0.2) is 53.3 Å². The van der Waals surface area contributed by atoms with E-state index in [9.17, 15) is 14.7 Å². The number of carboxylic acids is 1. The number of hydrogen-bond acceptors (Lipinski definition) is 3. The van der Waals surface area contributed by atoms with Crippen LogP contribution in [0, 0.1) is 0 Å². The number of amides is 2. The van der Waals surface area contributed by atoms with Gasteiger partial charge in [-0.1, -0.05) is 6.92 Å². The van der Waals surface area contributed by atoms with E-state index in [0.29, 0.717) is 13.0 Å². The summed E-state index contributed by atoms with van der Waals surface area (Å²) in [4.78, 5) is 24.9. The zero-order chi connectivity index (χ0) is 14.0. The molecule has 2 atom stereocenters. The molecular weight excluding hydrogens is 248 g/mol. The van der Waals surface area contributed by atoms with Crippen molar-refractivity contribution in [2.45, 2.75) is 56.7 Å². The molecule has 6 nitrogen and oxygen atoms in total. The van der Waals surface area contributed by atoms with Crippen molar-refractivity contribution in [3.05, 3.63) is 0 Å². The number of carbonyl (C=O) groups is 2. The van der Waals surface area contributed by atoms with Gasteiger partial charge < -0.3 is 20.1 Å². The monoisotopic (exact) mass is 270 g/mol. The molecule has 2 rings (SSSR count). The normalized spacial score (nSPS) is 28.8. The van der Waals surface area contributed by atoms with Crippen molar-refractivity contribution in [2.75, 3.05) is 13.7 Å². The third kappa shape index (κ3) is 2.68. The number of hydrogen-bond donors (Lipinski definition) is 2. The maximum Gasteiger partial charge on any atom is 0.326 e. The average Bonchev–Trinajstić information content (AvgIpc) is 2.78. The largest absolute Gasteiger partial charge is 0.480 e. The molecule has 0 aromatic heterocycles. The molecule has 2 N–H and O–H groups in total. The van der Waals surface area contributed by atoms with Gasteiger partial charge in [-0.15, -0.1) is 0 Å². The maximum atomic E-state index is 12.3. The molecule has 0 aromatic rings. The first-order chi connectivity index (χ1) is 9.01. The van der Waals surface area contributed by atoms with E-state index in [1.807, 2.05) is 0 Å². The van der Waals surface area contributed by atoms with Crippen molar-refractivity contribution in [1.29, 1.82) is 0 Å². The molecule has 1 aliphatic carbocycles. The van der Waals surface area contributed by atoms with Crippen molar-refractivity contribution in [1.82, 2.24) is 10.2 Å². The summed E-state index contributed by atoms with van der Waals surface area (Å²) < 4.78 is 5.18. The highest BCUT2D eigenvalue weighted by Crippen LogP contribution is 2.35. The van der Waals surface area contributed by atoms with Crippen LogP contribution in [0.15, 0.2) is 0 Å². The number of nitrogens with one attached hydrogen (secondary N) is 1. The van der Waals surface area contributed by atoms with E-state index in [1.54, 1.807) is 7.11 Å². The number of carboxylic acid groups (broad SMARTS) is 1. The summed E-state index contributed by atoms with van der Waals surface area (Å²) in [6, 6.07) is -1.05. The summed E-state index contributed by atoms with van der Waals surface area (Å²) in [6.45, 7) is 2.40. The van der Waals surface area contributed by atoms with E-state index in [1.165, 1.54) is 4.90 Å². The summed E-state index contributed by atoms with van der Waals surface area (Å²) in [6.07, 6.45) is 4.14. The number of methoxy groups -OCH3 is 1. The molecule has 2 aliphatic rings. The molecule has 1 heterocycles. The van der Waals surface area contributed by atoms with Crippen LogP contribution in [-0.2, 0) is 9.53 Å².